The number of nitrogens with one attached hydrogen (secondary N) is 1. The predicted molar refractivity (Wildman–Crippen MR) is 54.8 cm³/mol. The zero-order chi connectivity index (χ0) is 9.84. The fourth-order valence-electron chi connectivity index (χ4n) is 1.05. The highest BCUT2D eigenvalue weighted by molar-refractivity contribution is 5.36. The highest BCUT2D eigenvalue weighted by Crippen LogP contribution is 2.05. The Morgan fingerprint density at radius 2 is 2.15 bits per heavy atom. The minimum absolute atomic E-state index is 0.760. The van der Waals surface area contributed by atoms with Crippen LogP contribution in [0.3, 0.4) is 0 Å². The summed E-state index contributed by atoms with van der Waals surface area (Å²) in [7, 11) is 0. The summed E-state index contributed by atoms with van der Waals surface area (Å²) in [6, 6.07) is 1.93. The van der Waals surface area contributed by atoms with Crippen LogP contribution in [0.5, 0.6) is 0 Å². The smallest absolute Gasteiger partial charge is 0.130 e. The van der Waals surface area contributed by atoms with Crippen molar-refractivity contribution in [2.75, 3.05) is 11.9 Å². The third-order valence-corrected chi connectivity index (χ3v) is 1.54. The molecule has 0 atom stereocenters. The molecule has 0 spiro atoms. The van der Waals surface area contributed by atoms with Crippen molar-refractivity contribution in [1.82, 2.24) is 9.97 Å². The highest BCUT2D eigenvalue weighted by atomic mass is 15.0. The molecule has 0 saturated heterocycles. The maximum absolute atomic E-state index is 4.24. The van der Waals surface area contributed by atoms with Crippen LogP contribution in [0.1, 0.15) is 18.4 Å². The van der Waals surface area contributed by atoms with Crippen LogP contribution in [0.15, 0.2) is 18.2 Å². The van der Waals surface area contributed by atoms with Crippen LogP contribution in [0.4, 0.5) is 5.82 Å². The SMILES string of the molecule is C=C(C)CNc1cc(C)nc(C)n1. The van der Waals surface area contributed by atoms with Crippen molar-refractivity contribution in [3.8, 4) is 0 Å². The molecule has 0 bridgehead atoms. The van der Waals surface area contributed by atoms with Crippen molar-refractivity contribution < 1.29 is 0 Å². The third-order valence-electron chi connectivity index (χ3n) is 1.54. The fourth-order valence-corrected chi connectivity index (χ4v) is 1.05. The topological polar surface area (TPSA) is 37.8 Å². The van der Waals surface area contributed by atoms with Crippen LogP contribution in [-0.2, 0) is 0 Å². The van der Waals surface area contributed by atoms with Gasteiger partial charge < -0.3 is 5.32 Å². The van der Waals surface area contributed by atoms with Crippen LogP contribution in [0.2, 0.25) is 0 Å². The summed E-state index contributed by atoms with van der Waals surface area (Å²) in [5.74, 6) is 1.66. The molecule has 1 N–H and O–H groups in total. The van der Waals surface area contributed by atoms with Crippen molar-refractivity contribution >= 4 is 5.82 Å². The van der Waals surface area contributed by atoms with Gasteiger partial charge in [0.25, 0.3) is 0 Å². The molecule has 70 valence electrons. The number of aryl methyl sites for hydroxylation is 2. The summed E-state index contributed by atoms with van der Waals surface area (Å²) in [6.45, 7) is 10.4. The Balaban J connectivity index is 2.71. The lowest BCUT2D eigenvalue weighted by Crippen LogP contribution is -2.05. The zero-order valence-electron chi connectivity index (χ0n) is 8.39. The second-order valence-electron chi connectivity index (χ2n) is 3.25. The Morgan fingerprint density at radius 3 is 2.69 bits per heavy atom. The summed E-state index contributed by atoms with van der Waals surface area (Å²) in [6.07, 6.45) is 0. The number of nitrogens with zero attached hydrogens (tertiary/aromatic N) is 2. The molecule has 1 heterocycles. The lowest BCUT2D eigenvalue weighted by Gasteiger charge is -2.06. The highest BCUT2D eigenvalue weighted by Gasteiger charge is 1.96. The zero-order valence-corrected chi connectivity index (χ0v) is 8.39. The Labute approximate surface area is 78.9 Å². The molecule has 3 nitrogen and oxygen atoms in total. The van der Waals surface area contributed by atoms with E-state index in [2.05, 4.69) is 21.9 Å². The first-order chi connectivity index (χ1) is 6.08. The molecule has 0 aromatic carbocycles. The van der Waals surface area contributed by atoms with Gasteiger partial charge in [0.15, 0.2) is 0 Å². The van der Waals surface area contributed by atoms with Crippen LogP contribution in [-0.4, -0.2) is 16.5 Å². The molecule has 0 amide bonds. The number of hydrogen-bond donors (Lipinski definition) is 1. The van der Waals surface area contributed by atoms with Crippen LogP contribution in [0.25, 0.3) is 0 Å². The third kappa shape index (κ3) is 3.23. The maximum atomic E-state index is 4.24. The first-order valence-electron chi connectivity index (χ1n) is 4.28. The standard InChI is InChI=1S/C10H15N3/c1-7(2)6-11-10-5-8(3)12-9(4)13-10/h5H,1,6H2,2-4H3,(H,11,12,13). The van der Waals surface area contributed by atoms with Gasteiger partial charge >= 0.3 is 0 Å². The van der Waals surface area contributed by atoms with E-state index in [1.54, 1.807) is 0 Å². The van der Waals surface area contributed by atoms with Crippen LogP contribution in [0, 0.1) is 13.8 Å². The molecule has 13 heavy (non-hydrogen) atoms. The molecule has 1 aromatic heterocycles. The molecule has 0 unspecified atom stereocenters. The summed E-state index contributed by atoms with van der Waals surface area (Å²) in [5, 5.41) is 3.18. The minimum atomic E-state index is 0.760. The average Bonchev–Trinajstić information content (AvgIpc) is 1.99. The van der Waals surface area contributed by atoms with Gasteiger partial charge in [-0.2, -0.15) is 0 Å². The van der Waals surface area contributed by atoms with E-state index in [0.717, 1.165) is 29.5 Å². The largest absolute Gasteiger partial charge is 0.366 e. The molecule has 3 heteroatoms. The van der Waals surface area contributed by atoms with Crippen molar-refractivity contribution in [3.63, 3.8) is 0 Å². The van der Waals surface area contributed by atoms with E-state index in [0.29, 0.717) is 0 Å². The van der Waals surface area contributed by atoms with E-state index < -0.39 is 0 Å². The number of rotatable bonds is 3. The fraction of sp³-hybridized carbons (Fsp3) is 0.400. The van der Waals surface area contributed by atoms with Gasteiger partial charge in [0.2, 0.25) is 0 Å². The van der Waals surface area contributed by atoms with Gasteiger partial charge in [0, 0.05) is 18.3 Å². The predicted octanol–water partition coefficient (Wildman–Crippen LogP) is 2.08. The van der Waals surface area contributed by atoms with Gasteiger partial charge in [-0.3, -0.25) is 0 Å². The Morgan fingerprint density at radius 1 is 1.46 bits per heavy atom. The molecule has 0 radical (unpaired) electrons. The number of aromatic nitrogens is 2. The molecule has 0 saturated carbocycles. The summed E-state index contributed by atoms with van der Waals surface area (Å²) in [5.41, 5.74) is 2.07. The van der Waals surface area contributed by atoms with Gasteiger partial charge in [-0.05, 0) is 20.8 Å². The molecule has 0 aliphatic rings. The van der Waals surface area contributed by atoms with Crippen molar-refractivity contribution in [2.24, 2.45) is 0 Å². The maximum Gasteiger partial charge on any atom is 0.130 e. The molecular formula is C10H15N3. The molecule has 1 aromatic rings. The monoisotopic (exact) mass is 177 g/mol. The Bertz CT molecular complexity index is 298. The molecular weight excluding hydrogens is 162 g/mol. The summed E-state index contributed by atoms with van der Waals surface area (Å²) >= 11 is 0. The van der Waals surface area contributed by atoms with E-state index in [4.69, 9.17) is 0 Å². The quantitative estimate of drug-likeness (QED) is 0.718. The van der Waals surface area contributed by atoms with Gasteiger partial charge in [-0.1, -0.05) is 12.2 Å². The van der Waals surface area contributed by atoms with Gasteiger partial charge in [-0.15, -0.1) is 0 Å². The Kier molecular flexibility index (Phi) is 3.01. The molecule has 0 aliphatic carbocycles. The van der Waals surface area contributed by atoms with Gasteiger partial charge in [-0.25, -0.2) is 9.97 Å². The normalized spacial score (nSPS) is 9.77. The first-order valence-corrected chi connectivity index (χ1v) is 4.28. The summed E-state index contributed by atoms with van der Waals surface area (Å²) in [4.78, 5) is 8.43. The minimum Gasteiger partial charge on any atom is -0.366 e. The first kappa shape index (κ1) is 9.71. The van der Waals surface area contributed by atoms with E-state index in [1.807, 2.05) is 26.8 Å². The van der Waals surface area contributed by atoms with E-state index in [1.165, 1.54) is 0 Å². The van der Waals surface area contributed by atoms with E-state index in [-0.39, 0.29) is 0 Å². The van der Waals surface area contributed by atoms with Crippen LogP contribution >= 0.6 is 0 Å². The lowest BCUT2D eigenvalue weighted by atomic mass is 10.3. The van der Waals surface area contributed by atoms with Crippen LogP contribution < -0.4 is 5.32 Å². The van der Waals surface area contributed by atoms with Gasteiger partial charge in [0.05, 0.1) is 0 Å². The van der Waals surface area contributed by atoms with Crippen molar-refractivity contribution in [2.45, 2.75) is 20.8 Å². The average molecular weight is 177 g/mol. The Hall–Kier alpha value is -1.38. The number of hydrogen-bond acceptors (Lipinski definition) is 3. The van der Waals surface area contributed by atoms with Crippen molar-refractivity contribution in [1.29, 1.82) is 0 Å². The van der Waals surface area contributed by atoms with Gasteiger partial charge in [0.1, 0.15) is 11.6 Å². The van der Waals surface area contributed by atoms with E-state index in [9.17, 15) is 0 Å². The second-order valence-corrected chi connectivity index (χ2v) is 3.25. The molecule has 1 rings (SSSR count). The van der Waals surface area contributed by atoms with E-state index >= 15 is 0 Å². The number of anilines is 1. The molecule has 0 aliphatic heterocycles. The molecule has 0 fully saturated rings. The summed E-state index contributed by atoms with van der Waals surface area (Å²) < 4.78 is 0. The lowest BCUT2D eigenvalue weighted by molar-refractivity contribution is 1.00. The second kappa shape index (κ2) is 4.03. The van der Waals surface area contributed by atoms with Crippen molar-refractivity contribution in [3.05, 3.63) is 29.7 Å².